The third-order valence-corrected chi connectivity index (χ3v) is 3.38. The van der Waals surface area contributed by atoms with Gasteiger partial charge in [0, 0.05) is 11.8 Å². The summed E-state index contributed by atoms with van der Waals surface area (Å²) in [5, 5.41) is 2.70. The summed E-state index contributed by atoms with van der Waals surface area (Å²) >= 11 is 0. The molecule has 0 aliphatic heterocycles. The summed E-state index contributed by atoms with van der Waals surface area (Å²) in [6, 6.07) is 12.1. The van der Waals surface area contributed by atoms with E-state index in [1.807, 2.05) is 25.1 Å². The quantitative estimate of drug-likeness (QED) is 0.825. The summed E-state index contributed by atoms with van der Waals surface area (Å²) in [6.07, 6.45) is 0. The number of anilines is 1. The molecule has 126 valence electrons. The zero-order valence-electron chi connectivity index (χ0n) is 13.8. The van der Waals surface area contributed by atoms with Gasteiger partial charge in [-0.3, -0.25) is 4.79 Å². The van der Waals surface area contributed by atoms with E-state index in [9.17, 15) is 9.59 Å². The van der Waals surface area contributed by atoms with Gasteiger partial charge >= 0.3 is 5.97 Å². The Balaban J connectivity index is 1.98. The highest BCUT2D eigenvalue weighted by Gasteiger charge is 2.16. The molecule has 2 aromatic carbocycles. The number of hydrogen-bond donors (Lipinski definition) is 1. The van der Waals surface area contributed by atoms with Gasteiger partial charge in [0.2, 0.25) is 0 Å². The molecule has 6 nitrogen and oxygen atoms in total. The minimum atomic E-state index is -0.644. The van der Waals surface area contributed by atoms with E-state index in [0.29, 0.717) is 17.2 Å². The summed E-state index contributed by atoms with van der Waals surface area (Å²) in [5.41, 5.74) is 1.83. The number of nitrogens with one attached hydrogen (secondary N) is 1. The molecule has 0 bridgehead atoms. The molecular weight excluding hydrogens is 310 g/mol. The van der Waals surface area contributed by atoms with Crippen LogP contribution in [0.1, 0.15) is 15.9 Å². The molecule has 2 rings (SSSR count). The van der Waals surface area contributed by atoms with Crippen molar-refractivity contribution in [3.05, 3.63) is 53.6 Å². The van der Waals surface area contributed by atoms with Gasteiger partial charge in [-0.25, -0.2) is 4.79 Å². The van der Waals surface area contributed by atoms with Crippen molar-refractivity contribution in [2.45, 2.75) is 6.92 Å². The Morgan fingerprint density at radius 1 is 1.04 bits per heavy atom. The smallest absolute Gasteiger partial charge is 0.342 e. The predicted octanol–water partition coefficient (Wildman–Crippen LogP) is 2.81. The SMILES string of the molecule is COc1ccc(C(=O)OCC(=O)Nc2ccccc2C)c(OC)c1. The van der Waals surface area contributed by atoms with E-state index >= 15 is 0 Å². The molecule has 1 amide bonds. The first kappa shape index (κ1) is 17.3. The second-order valence-electron chi connectivity index (χ2n) is 5.01. The zero-order valence-corrected chi connectivity index (χ0v) is 13.8. The number of methoxy groups -OCH3 is 2. The van der Waals surface area contributed by atoms with Crippen molar-refractivity contribution < 1.29 is 23.8 Å². The maximum absolute atomic E-state index is 12.1. The molecule has 0 aliphatic rings. The number of carbonyl (C=O) groups excluding carboxylic acids is 2. The highest BCUT2D eigenvalue weighted by Crippen LogP contribution is 2.25. The van der Waals surface area contributed by atoms with Crippen LogP contribution in [0.2, 0.25) is 0 Å². The summed E-state index contributed by atoms with van der Waals surface area (Å²) in [4.78, 5) is 24.0. The van der Waals surface area contributed by atoms with Gasteiger partial charge in [0.05, 0.1) is 14.2 Å². The van der Waals surface area contributed by atoms with Gasteiger partial charge < -0.3 is 19.5 Å². The Morgan fingerprint density at radius 3 is 2.46 bits per heavy atom. The number of amides is 1. The number of rotatable bonds is 6. The molecular formula is C18H19NO5. The average Bonchev–Trinajstić information content (AvgIpc) is 2.61. The number of ether oxygens (including phenoxy) is 3. The lowest BCUT2D eigenvalue weighted by atomic mass is 10.2. The number of carbonyl (C=O) groups is 2. The van der Waals surface area contributed by atoms with Crippen LogP contribution in [0.4, 0.5) is 5.69 Å². The van der Waals surface area contributed by atoms with Crippen LogP contribution >= 0.6 is 0 Å². The van der Waals surface area contributed by atoms with Crippen LogP contribution in [0.5, 0.6) is 11.5 Å². The Bertz CT molecular complexity index is 742. The molecule has 0 heterocycles. The van der Waals surface area contributed by atoms with Gasteiger partial charge in [0.1, 0.15) is 17.1 Å². The van der Waals surface area contributed by atoms with E-state index in [4.69, 9.17) is 14.2 Å². The average molecular weight is 329 g/mol. The highest BCUT2D eigenvalue weighted by molar-refractivity contribution is 5.97. The van der Waals surface area contributed by atoms with Gasteiger partial charge in [0.15, 0.2) is 6.61 Å². The number of para-hydroxylation sites is 1. The third kappa shape index (κ3) is 4.25. The Morgan fingerprint density at radius 2 is 1.79 bits per heavy atom. The molecule has 24 heavy (non-hydrogen) atoms. The second-order valence-corrected chi connectivity index (χ2v) is 5.01. The van der Waals surface area contributed by atoms with Gasteiger partial charge in [-0.1, -0.05) is 18.2 Å². The monoisotopic (exact) mass is 329 g/mol. The van der Waals surface area contributed by atoms with Crippen LogP contribution in [0, 0.1) is 6.92 Å². The number of hydrogen-bond acceptors (Lipinski definition) is 5. The summed E-state index contributed by atoms with van der Waals surface area (Å²) in [5.74, 6) is -0.182. The maximum Gasteiger partial charge on any atom is 0.342 e. The van der Waals surface area contributed by atoms with E-state index in [1.165, 1.54) is 20.3 Å². The first-order valence-electron chi connectivity index (χ1n) is 7.29. The fourth-order valence-corrected chi connectivity index (χ4v) is 2.08. The summed E-state index contributed by atoms with van der Waals surface area (Å²) < 4.78 is 15.3. The Labute approximate surface area is 140 Å². The van der Waals surface area contributed by atoms with E-state index < -0.39 is 11.9 Å². The topological polar surface area (TPSA) is 73.9 Å². The van der Waals surface area contributed by atoms with Crippen molar-refractivity contribution >= 4 is 17.6 Å². The minimum Gasteiger partial charge on any atom is -0.497 e. The summed E-state index contributed by atoms with van der Waals surface area (Å²) in [6.45, 7) is 1.49. The number of esters is 1. The molecule has 0 atom stereocenters. The van der Waals surface area contributed by atoms with Crippen molar-refractivity contribution in [1.29, 1.82) is 0 Å². The van der Waals surface area contributed by atoms with Crippen LogP contribution in [-0.2, 0) is 9.53 Å². The maximum atomic E-state index is 12.1. The Kier molecular flexibility index (Phi) is 5.78. The van der Waals surface area contributed by atoms with Crippen LogP contribution in [0.3, 0.4) is 0 Å². The van der Waals surface area contributed by atoms with E-state index in [2.05, 4.69) is 5.32 Å². The zero-order chi connectivity index (χ0) is 17.5. The van der Waals surface area contributed by atoms with Crippen molar-refractivity contribution in [1.82, 2.24) is 0 Å². The van der Waals surface area contributed by atoms with Crippen molar-refractivity contribution in [3.63, 3.8) is 0 Å². The first-order chi connectivity index (χ1) is 11.5. The lowest BCUT2D eigenvalue weighted by Gasteiger charge is -2.11. The molecule has 0 aromatic heterocycles. The van der Waals surface area contributed by atoms with Crippen molar-refractivity contribution in [3.8, 4) is 11.5 Å². The molecule has 6 heteroatoms. The number of aryl methyl sites for hydroxylation is 1. The normalized spacial score (nSPS) is 9.96. The van der Waals surface area contributed by atoms with Crippen LogP contribution in [0.15, 0.2) is 42.5 Å². The fraction of sp³-hybridized carbons (Fsp3) is 0.222. The molecule has 0 saturated carbocycles. The van der Waals surface area contributed by atoms with E-state index in [-0.39, 0.29) is 12.2 Å². The molecule has 0 saturated heterocycles. The van der Waals surface area contributed by atoms with Gasteiger partial charge in [0.25, 0.3) is 5.91 Å². The molecule has 0 radical (unpaired) electrons. The van der Waals surface area contributed by atoms with Gasteiger partial charge in [-0.2, -0.15) is 0 Å². The lowest BCUT2D eigenvalue weighted by Crippen LogP contribution is -2.21. The van der Waals surface area contributed by atoms with E-state index in [0.717, 1.165) is 5.56 Å². The van der Waals surface area contributed by atoms with Gasteiger partial charge in [-0.05, 0) is 30.7 Å². The predicted molar refractivity (Wildman–Crippen MR) is 89.6 cm³/mol. The third-order valence-electron chi connectivity index (χ3n) is 3.38. The standard InChI is InChI=1S/C18H19NO5/c1-12-6-4-5-7-15(12)19-17(20)11-24-18(21)14-9-8-13(22-2)10-16(14)23-3/h4-10H,11H2,1-3H3,(H,19,20). The molecule has 2 aromatic rings. The van der Waals surface area contributed by atoms with Gasteiger partial charge in [-0.15, -0.1) is 0 Å². The highest BCUT2D eigenvalue weighted by atomic mass is 16.5. The van der Waals surface area contributed by atoms with Crippen LogP contribution < -0.4 is 14.8 Å². The van der Waals surface area contributed by atoms with Crippen molar-refractivity contribution in [2.75, 3.05) is 26.1 Å². The minimum absolute atomic E-state index is 0.224. The molecule has 0 spiro atoms. The van der Waals surface area contributed by atoms with Crippen LogP contribution in [0.25, 0.3) is 0 Å². The first-order valence-corrected chi connectivity index (χ1v) is 7.29. The molecule has 0 aliphatic carbocycles. The van der Waals surface area contributed by atoms with Crippen LogP contribution in [-0.4, -0.2) is 32.7 Å². The fourth-order valence-electron chi connectivity index (χ4n) is 2.08. The molecule has 1 N–H and O–H groups in total. The largest absolute Gasteiger partial charge is 0.497 e. The van der Waals surface area contributed by atoms with Crippen molar-refractivity contribution in [2.24, 2.45) is 0 Å². The Hall–Kier alpha value is -3.02. The molecule has 0 fully saturated rings. The molecule has 0 unspecified atom stereocenters. The lowest BCUT2D eigenvalue weighted by molar-refractivity contribution is -0.119. The second kappa shape index (κ2) is 8.01. The number of benzene rings is 2. The summed E-state index contributed by atoms with van der Waals surface area (Å²) in [7, 11) is 2.96. The van der Waals surface area contributed by atoms with E-state index in [1.54, 1.807) is 18.2 Å².